The molecule has 0 fully saturated rings. The van der Waals surface area contributed by atoms with Gasteiger partial charge in [-0.3, -0.25) is 0 Å². The normalized spacial score (nSPS) is 10.7. The van der Waals surface area contributed by atoms with Gasteiger partial charge in [-0.25, -0.2) is 4.58 Å². The van der Waals surface area contributed by atoms with Gasteiger partial charge in [0.2, 0.25) is 5.69 Å². The SMILES string of the molecule is C=[N+](C)c1c(-c2cc(OC)c(OC)cc2C)cc(O)c2cc(OC)c(OC)cc12. The highest BCUT2D eigenvalue weighted by molar-refractivity contribution is 6.04. The number of aryl methyl sites for hydroxylation is 1. The summed E-state index contributed by atoms with van der Waals surface area (Å²) in [5.74, 6) is 2.51. The van der Waals surface area contributed by atoms with Crippen LogP contribution in [0.2, 0.25) is 0 Å². The first kappa shape index (κ1) is 20.3. The van der Waals surface area contributed by atoms with Gasteiger partial charge in [0.25, 0.3) is 0 Å². The Morgan fingerprint density at radius 2 is 1.21 bits per heavy atom. The van der Waals surface area contributed by atoms with Crippen molar-refractivity contribution < 1.29 is 28.6 Å². The van der Waals surface area contributed by atoms with Crippen molar-refractivity contribution in [2.24, 2.45) is 0 Å². The fourth-order valence-corrected chi connectivity index (χ4v) is 3.60. The van der Waals surface area contributed by atoms with Crippen molar-refractivity contribution in [3.8, 4) is 39.9 Å². The van der Waals surface area contributed by atoms with Crippen LogP contribution >= 0.6 is 0 Å². The summed E-state index contributed by atoms with van der Waals surface area (Å²) in [6.07, 6.45) is 0. The second-order valence-corrected chi connectivity index (χ2v) is 6.76. The van der Waals surface area contributed by atoms with Crippen molar-refractivity contribution in [3.05, 3.63) is 35.9 Å². The van der Waals surface area contributed by atoms with Gasteiger partial charge in [0.05, 0.1) is 39.4 Å². The number of rotatable bonds is 6. The van der Waals surface area contributed by atoms with Crippen molar-refractivity contribution in [1.82, 2.24) is 0 Å². The molecule has 3 aromatic rings. The molecular weight excluding hydrogens is 370 g/mol. The molecule has 0 atom stereocenters. The third-order valence-electron chi connectivity index (χ3n) is 4.99. The number of methoxy groups -OCH3 is 4. The first-order chi connectivity index (χ1) is 13.9. The molecule has 29 heavy (non-hydrogen) atoms. The molecule has 0 aromatic heterocycles. The molecule has 0 saturated heterocycles. The molecule has 0 aliphatic carbocycles. The van der Waals surface area contributed by atoms with E-state index < -0.39 is 0 Å². The highest BCUT2D eigenvalue weighted by atomic mass is 16.5. The summed E-state index contributed by atoms with van der Waals surface area (Å²) in [6, 6.07) is 9.17. The Balaban J connectivity index is 2.43. The van der Waals surface area contributed by atoms with E-state index in [9.17, 15) is 5.11 Å². The van der Waals surface area contributed by atoms with Gasteiger partial charge in [-0.1, -0.05) is 0 Å². The molecule has 6 nitrogen and oxygen atoms in total. The van der Waals surface area contributed by atoms with Crippen molar-refractivity contribution in [2.45, 2.75) is 6.92 Å². The minimum absolute atomic E-state index is 0.135. The Morgan fingerprint density at radius 3 is 1.72 bits per heavy atom. The van der Waals surface area contributed by atoms with E-state index >= 15 is 0 Å². The summed E-state index contributed by atoms with van der Waals surface area (Å²) in [5, 5.41) is 12.3. The molecule has 1 N–H and O–H groups in total. The Hall–Kier alpha value is -3.41. The number of phenols is 1. The number of fused-ring (bicyclic) bond motifs is 1. The predicted octanol–water partition coefficient (Wildman–Crippen LogP) is 4.53. The van der Waals surface area contributed by atoms with E-state index in [1.807, 2.05) is 32.2 Å². The van der Waals surface area contributed by atoms with Gasteiger partial charge in [0.15, 0.2) is 23.0 Å². The highest BCUT2D eigenvalue weighted by Crippen LogP contribution is 2.47. The summed E-state index contributed by atoms with van der Waals surface area (Å²) in [6.45, 7) is 6.09. The van der Waals surface area contributed by atoms with Crippen LogP contribution in [0.25, 0.3) is 21.9 Å². The van der Waals surface area contributed by atoms with Crippen LogP contribution in [0, 0.1) is 6.92 Å². The van der Waals surface area contributed by atoms with Crippen LogP contribution < -0.4 is 18.9 Å². The number of aromatic hydroxyl groups is 1. The second kappa shape index (κ2) is 7.91. The minimum Gasteiger partial charge on any atom is -0.507 e. The molecule has 0 unspecified atom stereocenters. The van der Waals surface area contributed by atoms with Crippen LogP contribution in [0.3, 0.4) is 0 Å². The summed E-state index contributed by atoms with van der Waals surface area (Å²) >= 11 is 0. The highest BCUT2D eigenvalue weighted by Gasteiger charge is 2.24. The maximum Gasteiger partial charge on any atom is 0.220 e. The van der Waals surface area contributed by atoms with Gasteiger partial charge in [-0.2, -0.15) is 0 Å². The van der Waals surface area contributed by atoms with Gasteiger partial charge in [0.1, 0.15) is 19.5 Å². The van der Waals surface area contributed by atoms with Crippen LogP contribution in [-0.2, 0) is 0 Å². The Labute approximate surface area is 170 Å². The van der Waals surface area contributed by atoms with E-state index in [-0.39, 0.29) is 5.75 Å². The lowest BCUT2D eigenvalue weighted by atomic mass is 9.93. The van der Waals surface area contributed by atoms with Crippen molar-refractivity contribution >= 4 is 23.2 Å². The number of nitrogens with zero attached hydrogens (tertiary/aromatic N) is 1. The fraction of sp³-hybridized carbons (Fsp3) is 0.261. The zero-order valence-electron chi connectivity index (χ0n) is 17.6. The third kappa shape index (κ3) is 3.42. The van der Waals surface area contributed by atoms with Crippen LogP contribution in [0.1, 0.15) is 5.56 Å². The summed E-state index contributed by atoms with van der Waals surface area (Å²) < 4.78 is 23.5. The predicted molar refractivity (Wildman–Crippen MR) is 115 cm³/mol. The molecule has 0 bridgehead atoms. The van der Waals surface area contributed by atoms with Crippen molar-refractivity contribution in [3.63, 3.8) is 0 Å². The van der Waals surface area contributed by atoms with Gasteiger partial charge in [0, 0.05) is 5.39 Å². The molecule has 0 amide bonds. The molecule has 0 aliphatic rings. The molecule has 0 spiro atoms. The van der Waals surface area contributed by atoms with Gasteiger partial charge in [-0.05, 0) is 48.4 Å². The standard InChI is InChI=1S/C23H25NO5/c1-13-8-19(26-4)20(27-5)10-14(13)16-9-18(25)15-11-21(28-6)22(29-7)12-17(15)23(16)24(2)3/h8-12H,2H2,1,3-7H3/p+1. The van der Waals surface area contributed by atoms with Crippen LogP contribution in [-0.4, -0.2) is 51.9 Å². The summed E-state index contributed by atoms with van der Waals surface area (Å²) in [7, 11) is 8.21. The van der Waals surface area contributed by atoms with Crippen LogP contribution in [0.4, 0.5) is 5.69 Å². The third-order valence-corrected chi connectivity index (χ3v) is 4.99. The van der Waals surface area contributed by atoms with Gasteiger partial charge >= 0.3 is 0 Å². The average Bonchev–Trinajstić information content (AvgIpc) is 2.71. The number of benzene rings is 3. The molecule has 6 heteroatoms. The van der Waals surface area contributed by atoms with E-state index in [0.29, 0.717) is 28.4 Å². The van der Waals surface area contributed by atoms with Gasteiger partial charge < -0.3 is 24.1 Å². The Morgan fingerprint density at radius 1 is 0.724 bits per heavy atom. The average molecular weight is 396 g/mol. The van der Waals surface area contributed by atoms with Crippen LogP contribution in [0.15, 0.2) is 30.3 Å². The maximum atomic E-state index is 10.8. The molecule has 3 aromatic carbocycles. The number of hydrogen-bond donors (Lipinski definition) is 1. The molecule has 3 rings (SSSR count). The zero-order valence-corrected chi connectivity index (χ0v) is 17.6. The monoisotopic (exact) mass is 396 g/mol. The molecule has 0 radical (unpaired) electrons. The molecular formula is C23H26NO5+. The lowest BCUT2D eigenvalue weighted by molar-refractivity contribution is -0.392. The van der Waals surface area contributed by atoms with E-state index in [1.54, 1.807) is 45.1 Å². The zero-order chi connectivity index (χ0) is 21.3. The molecule has 152 valence electrons. The van der Waals surface area contributed by atoms with Crippen molar-refractivity contribution in [1.29, 1.82) is 0 Å². The Kier molecular flexibility index (Phi) is 5.55. The van der Waals surface area contributed by atoms with Crippen molar-refractivity contribution in [2.75, 3.05) is 35.5 Å². The number of hydrogen-bond acceptors (Lipinski definition) is 5. The second-order valence-electron chi connectivity index (χ2n) is 6.76. The first-order valence-corrected chi connectivity index (χ1v) is 9.05. The summed E-state index contributed by atoms with van der Waals surface area (Å²) in [4.78, 5) is 0. The molecule has 0 aliphatic heterocycles. The fourth-order valence-electron chi connectivity index (χ4n) is 3.60. The van der Waals surface area contributed by atoms with Gasteiger partial charge in [-0.15, -0.1) is 0 Å². The topological polar surface area (TPSA) is 60.2 Å². The number of ether oxygens (including phenoxy) is 4. The summed E-state index contributed by atoms with van der Waals surface area (Å²) in [5.41, 5.74) is 3.54. The Bertz CT molecular complexity index is 1100. The largest absolute Gasteiger partial charge is 0.507 e. The van der Waals surface area contributed by atoms with E-state index in [2.05, 4.69) is 6.72 Å². The minimum atomic E-state index is 0.135. The maximum absolute atomic E-state index is 10.8. The molecule has 0 heterocycles. The quantitative estimate of drug-likeness (QED) is 0.490. The number of phenolic OH excluding ortho intramolecular Hbond substituents is 1. The van der Waals surface area contributed by atoms with E-state index in [1.165, 1.54) is 0 Å². The lowest BCUT2D eigenvalue weighted by Gasteiger charge is -2.17. The molecule has 0 saturated carbocycles. The smallest absolute Gasteiger partial charge is 0.220 e. The first-order valence-electron chi connectivity index (χ1n) is 9.05. The lowest BCUT2D eigenvalue weighted by Crippen LogP contribution is -2.00. The van der Waals surface area contributed by atoms with Crippen LogP contribution in [0.5, 0.6) is 28.7 Å². The van der Waals surface area contributed by atoms with E-state index in [4.69, 9.17) is 18.9 Å². The van der Waals surface area contributed by atoms with E-state index in [0.717, 1.165) is 27.8 Å².